The number of aromatic nitrogens is 1. The molecule has 8 nitrogen and oxygen atoms in total. The van der Waals surface area contributed by atoms with Gasteiger partial charge in [-0.1, -0.05) is 27.2 Å². The standard InChI is InChI=1S/C24H42N2O6S/c1-9-10-12-30-13-11-21-18(15-27)25-22(33-21)20(31-17(4)28)14-19(16(2)3)26(8)23(29)32-24(5,6)7/h16,19-20,27H,9-15H2,1-8H3/t19-,20-/m1/s1. The van der Waals surface area contributed by atoms with Gasteiger partial charge < -0.3 is 24.2 Å². The van der Waals surface area contributed by atoms with Gasteiger partial charge >= 0.3 is 12.1 Å². The first-order chi connectivity index (χ1) is 15.4. The van der Waals surface area contributed by atoms with Crippen LogP contribution < -0.4 is 0 Å². The number of ether oxygens (including phenoxy) is 3. The molecule has 1 aromatic rings. The van der Waals surface area contributed by atoms with Crippen molar-refractivity contribution in [2.45, 2.75) is 98.5 Å². The number of carbonyl (C=O) groups excluding carboxylic acids is 2. The van der Waals surface area contributed by atoms with Gasteiger partial charge in [0.1, 0.15) is 10.6 Å². The molecule has 2 atom stereocenters. The number of amides is 1. The molecule has 9 heteroatoms. The average Bonchev–Trinajstić information content (AvgIpc) is 3.11. The van der Waals surface area contributed by atoms with Crippen LogP contribution in [0.4, 0.5) is 4.79 Å². The van der Waals surface area contributed by atoms with E-state index in [1.807, 2.05) is 34.6 Å². The van der Waals surface area contributed by atoms with Crippen molar-refractivity contribution in [1.82, 2.24) is 9.88 Å². The molecule has 0 saturated heterocycles. The van der Waals surface area contributed by atoms with Crippen molar-refractivity contribution < 1.29 is 28.9 Å². The van der Waals surface area contributed by atoms with Gasteiger partial charge in [-0.25, -0.2) is 9.78 Å². The summed E-state index contributed by atoms with van der Waals surface area (Å²) in [5, 5.41) is 10.4. The molecule has 0 unspecified atom stereocenters. The molecule has 0 bridgehead atoms. The second-order valence-electron chi connectivity index (χ2n) is 9.53. The normalized spacial score (nSPS) is 13.6. The van der Waals surface area contributed by atoms with E-state index < -0.39 is 23.8 Å². The minimum atomic E-state index is -0.634. The number of esters is 1. The van der Waals surface area contributed by atoms with Gasteiger partial charge in [0.2, 0.25) is 0 Å². The molecule has 1 aromatic heterocycles. The molecule has 0 fully saturated rings. The topological polar surface area (TPSA) is 98.2 Å². The first-order valence-electron chi connectivity index (χ1n) is 11.7. The number of nitrogens with zero attached hydrogens (tertiary/aromatic N) is 2. The van der Waals surface area contributed by atoms with E-state index in [2.05, 4.69) is 11.9 Å². The van der Waals surface area contributed by atoms with Crippen LogP contribution in [0.3, 0.4) is 0 Å². The van der Waals surface area contributed by atoms with E-state index in [0.29, 0.717) is 36.8 Å². The van der Waals surface area contributed by atoms with E-state index in [9.17, 15) is 14.7 Å². The third-order valence-electron chi connectivity index (χ3n) is 5.05. The molecule has 190 valence electrons. The maximum absolute atomic E-state index is 12.7. The first-order valence-corrected chi connectivity index (χ1v) is 12.5. The molecule has 1 amide bonds. The highest BCUT2D eigenvalue weighted by atomic mass is 32.1. The molecular weight excluding hydrogens is 444 g/mol. The lowest BCUT2D eigenvalue weighted by atomic mass is 9.96. The van der Waals surface area contributed by atoms with Gasteiger partial charge in [0, 0.05) is 44.3 Å². The second-order valence-corrected chi connectivity index (χ2v) is 10.6. The number of unbranched alkanes of at least 4 members (excludes halogenated alkanes) is 1. The smallest absolute Gasteiger partial charge is 0.410 e. The zero-order valence-corrected chi connectivity index (χ0v) is 22.3. The van der Waals surface area contributed by atoms with Gasteiger partial charge in [0.25, 0.3) is 0 Å². The van der Waals surface area contributed by atoms with E-state index in [1.165, 1.54) is 18.3 Å². The lowest BCUT2D eigenvalue weighted by molar-refractivity contribution is -0.147. The maximum Gasteiger partial charge on any atom is 0.410 e. The van der Waals surface area contributed by atoms with Gasteiger partial charge in [-0.3, -0.25) is 4.79 Å². The third-order valence-corrected chi connectivity index (χ3v) is 6.30. The lowest BCUT2D eigenvalue weighted by Gasteiger charge is -2.34. The van der Waals surface area contributed by atoms with Crippen LogP contribution in [-0.4, -0.2) is 59.0 Å². The van der Waals surface area contributed by atoms with E-state index in [-0.39, 0.29) is 18.6 Å². The molecule has 0 aliphatic rings. The molecule has 0 spiro atoms. The van der Waals surface area contributed by atoms with Crippen molar-refractivity contribution >= 4 is 23.4 Å². The number of hydrogen-bond donors (Lipinski definition) is 1. The zero-order valence-electron chi connectivity index (χ0n) is 21.5. The highest BCUT2D eigenvalue weighted by molar-refractivity contribution is 7.11. The van der Waals surface area contributed by atoms with Crippen molar-refractivity contribution in [1.29, 1.82) is 0 Å². The van der Waals surface area contributed by atoms with Gasteiger partial charge in [-0.05, 0) is 33.1 Å². The van der Waals surface area contributed by atoms with Crippen LogP contribution in [0.2, 0.25) is 0 Å². The van der Waals surface area contributed by atoms with Crippen LogP contribution >= 0.6 is 11.3 Å². The summed E-state index contributed by atoms with van der Waals surface area (Å²) in [7, 11) is 1.70. The predicted octanol–water partition coefficient (Wildman–Crippen LogP) is 4.88. The van der Waals surface area contributed by atoms with Gasteiger partial charge in [-0.15, -0.1) is 11.3 Å². The average molecular weight is 487 g/mol. The van der Waals surface area contributed by atoms with Gasteiger partial charge in [0.05, 0.1) is 18.9 Å². The lowest BCUT2D eigenvalue weighted by Crippen LogP contribution is -2.44. The molecule has 0 saturated carbocycles. The Morgan fingerprint density at radius 3 is 2.39 bits per heavy atom. The quantitative estimate of drug-likeness (QED) is 0.313. The maximum atomic E-state index is 12.7. The second kappa shape index (κ2) is 13.9. The predicted molar refractivity (Wildman–Crippen MR) is 129 cm³/mol. The van der Waals surface area contributed by atoms with Crippen LogP contribution in [0.1, 0.15) is 89.4 Å². The molecule has 0 aliphatic carbocycles. The van der Waals surface area contributed by atoms with Gasteiger partial charge in [0.15, 0.2) is 6.10 Å². The minimum absolute atomic E-state index is 0.0873. The van der Waals surface area contributed by atoms with Crippen molar-refractivity contribution in [2.75, 3.05) is 20.3 Å². The van der Waals surface area contributed by atoms with E-state index in [0.717, 1.165) is 17.7 Å². The summed E-state index contributed by atoms with van der Waals surface area (Å²) >= 11 is 1.42. The number of rotatable bonds is 13. The van der Waals surface area contributed by atoms with Crippen LogP contribution in [-0.2, 0) is 32.0 Å². The highest BCUT2D eigenvalue weighted by Gasteiger charge is 2.32. The van der Waals surface area contributed by atoms with Crippen LogP contribution in [0.15, 0.2) is 0 Å². The van der Waals surface area contributed by atoms with E-state index in [1.54, 1.807) is 11.9 Å². The molecule has 0 radical (unpaired) electrons. The molecule has 0 aromatic carbocycles. The van der Waals surface area contributed by atoms with Crippen molar-refractivity contribution in [3.8, 4) is 0 Å². The van der Waals surface area contributed by atoms with E-state index >= 15 is 0 Å². The van der Waals surface area contributed by atoms with Crippen molar-refractivity contribution in [3.05, 3.63) is 15.6 Å². The Morgan fingerprint density at radius 1 is 1.21 bits per heavy atom. The summed E-state index contributed by atoms with van der Waals surface area (Å²) in [6.45, 7) is 14.0. The summed E-state index contributed by atoms with van der Waals surface area (Å²) in [4.78, 5) is 31.6. The number of aliphatic hydroxyl groups excluding tert-OH is 1. The first kappa shape index (κ1) is 29.3. The fraction of sp³-hybridized carbons (Fsp3) is 0.792. The molecule has 0 aliphatic heterocycles. The van der Waals surface area contributed by atoms with E-state index in [4.69, 9.17) is 14.2 Å². The Kier molecular flexibility index (Phi) is 12.3. The summed E-state index contributed by atoms with van der Waals surface area (Å²) in [6, 6.07) is -0.244. The SMILES string of the molecule is CCCCOCCc1sc([C@@H](C[C@H](C(C)C)N(C)C(=O)OC(C)(C)C)OC(C)=O)nc1CO. The monoisotopic (exact) mass is 486 g/mol. The van der Waals surface area contributed by atoms with Crippen molar-refractivity contribution in [2.24, 2.45) is 5.92 Å². The Hall–Kier alpha value is -1.71. The van der Waals surface area contributed by atoms with Crippen molar-refractivity contribution in [3.63, 3.8) is 0 Å². The summed E-state index contributed by atoms with van der Waals surface area (Å²) in [5.74, 6) is -0.336. The summed E-state index contributed by atoms with van der Waals surface area (Å²) in [6.07, 6.45) is 2.03. The zero-order chi connectivity index (χ0) is 25.2. The van der Waals surface area contributed by atoms with Crippen LogP contribution in [0.25, 0.3) is 0 Å². The Labute approximate surface area is 202 Å². The number of carbonyl (C=O) groups is 2. The fourth-order valence-electron chi connectivity index (χ4n) is 3.34. The number of aliphatic hydroxyl groups is 1. The summed E-state index contributed by atoms with van der Waals surface area (Å²) < 4.78 is 16.8. The summed E-state index contributed by atoms with van der Waals surface area (Å²) in [5.41, 5.74) is -0.0328. The van der Waals surface area contributed by atoms with Gasteiger partial charge in [-0.2, -0.15) is 0 Å². The molecule has 1 N–H and O–H groups in total. The molecule has 1 heterocycles. The number of hydrogen-bond acceptors (Lipinski definition) is 8. The Balaban J connectivity index is 3.07. The molecule has 33 heavy (non-hydrogen) atoms. The Morgan fingerprint density at radius 2 is 1.88 bits per heavy atom. The van der Waals surface area contributed by atoms with Crippen LogP contribution in [0, 0.1) is 5.92 Å². The fourth-order valence-corrected chi connectivity index (χ4v) is 4.44. The molecule has 1 rings (SSSR count). The molecular formula is C24H42N2O6S. The largest absolute Gasteiger partial charge is 0.455 e. The third kappa shape index (κ3) is 10.4. The van der Waals surface area contributed by atoms with Crippen LogP contribution in [0.5, 0.6) is 0 Å². The minimum Gasteiger partial charge on any atom is -0.455 e. The Bertz CT molecular complexity index is 744. The highest BCUT2D eigenvalue weighted by Crippen LogP contribution is 2.33. The number of thiazole rings is 1.